The average Bonchev–Trinajstić information content (AvgIpc) is 3.76. The number of carbonyl (C=O) groups is 1. The van der Waals surface area contributed by atoms with Gasteiger partial charge in [0.25, 0.3) is 0 Å². The molecule has 3 aromatic heterocycles. The first kappa shape index (κ1) is 28.4. The lowest BCUT2D eigenvalue weighted by atomic mass is 10.0. The number of hydrogen-bond donors (Lipinski definition) is 1. The molecular formula is C28H30N8O3S3. The van der Waals surface area contributed by atoms with Crippen LogP contribution in [0, 0.1) is 23.2 Å². The van der Waals surface area contributed by atoms with E-state index < -0.39 is 10.0 Å². The normalized spacial score (nSPS) is 20.0. The van der Waals surface area contributed by atoms with E-state index in [0.717, 1.165) is 18.6 Å². The highest BCUT2D eigenvalue weighted by atomic mass is 32.2. The predicted octanol–water partition coefficient (Wildman–Crippen LogP) is 4.63. The number of anilines is 2. The maximum absolute atomic E-state index is 13.3. The molecule has 1 aliphatic carbocycles. The van der Waals surface area contributed by atoms with Gasteiger partial charge in [0.15, 0.2) is 5.65 Å². The van der Waals surface area contributed by atoms with Crippen molar-refractivity contribution in [3.05, 3.63) is 59.9 Å². The van der Waals surface area contributed by atoms with Crippen molar-refractivity contribution in [3.8, 4) is 6.07 Å². The van der Waals surface area contributed by atoms with Crippen LogP contribution in [0.1, 0.15) is 30.9 Å². The lowest BCUT2D eigenvalue weighted by Gasteiger charge is -2.29. The van der Waals surface area contributed by atoms with Crippen molar-refractivity contribution in [2.45, 2.75) is 36.7 Å². The van der Waals surface area contributed by atoms with Crippen LogP contribution in [0.4, 0.5) is 15.6 Å². The van der Waals surface area contributed by atoms with E-state index in [9.17, 15) is 18.5 Å². The fourth-order valence-electron chi connectivity index (χ4n) is 6.14. The molecule has 1 unspecified atom stereocenters. The summed E-state index contributed by atoms with van der Waals surface area (Å²) in [4.78, 5) is 25.6. The summed E-state index contributed by atoms with van der Waals surface area (Å²) < 4.78 is 32.1. The molecule has 1 saturated heterocycles. The molecule has 2 aliphatic rings. The number of fused-ring (bicyclic) bond motifs is 2. The standard InChI is InChI=1S/C28H30N8O3S3/c1-3-40-27-31-26(41-33-27)32-28(37)35-15-19-11-22(12-20(19)16-35)34(2)24-21(13-29)14-30-25-23(24)9-10-36(25)42(38,39)17-18-7-5-4-6-8-18/h4-10,14,19-20,22H,3,11-12,15-17H2,1-2H3,(H,31,32,33,37)/t19-,20+,22?. The van der Waals surface area contributed by atoms with Gasteiger partial charge in [-0.15, -0.1) is 0 Å². The predicted molar refractivity (Wildman–Crippen MR) is 164 cm³/mol. The van der Waals surface area contributed by atoms with Gasteiger partial charge in [-0.25, -0.2) is 22.2 Å². The zero-order chi connectivity index (χ0) is 29.4. The van der Waals surface area contributed by atoms with Gasteiger partial charge in [-0.1, -0.05) is 49.0 Å². The van der Waals surface area contributed by atoms with Gasteiger partial charge in [0, 0.05) is 55.5 Å². The van der Waals surface area contributed by atoms with Crippen molar-refractivity contribution in [3.63, 3.8) is 0 Å². The summed E-state index contributed by atoms with van der Waals surface area (Å²) in [7, 11) is -1.77. The Bertz CT molecular complexity index is 1750. The van der Waals surface area contributed by atoms with Gasteiger partial charge >= 0.3 is 6.03 Å². The minimum Gasteiger partial charge on any atom is -0.370 e. The third kappa shape index (κ3) is 5.44. The second-order valence-electron chi connectivity index (χ2n) is 10.6. The van der Waals surface area contributed by atoms with Gasteiger partial charge in [0.1, 0.15) is 6.07 Å². The highest BCUT2D eigenvalue weighted by Crippen LogP contribution is 2.43. The van der Waals surface area contributed by atoms with Crippen LogP contribution in [0.15, 0.2) is 53.9 Å². The van der Waals surface area contributed by atoms with Gasteiger partial charge in [0.05, 0.1) is 17.0 Å². The van der Waals surface area contributed by atoms with Crippen molar-refractivity contribution in [2.75, 3.05) is 36.1 Å². The number of carbonyl (C=O) groups excluding carboxylic acids is 1. The van der Waals surface area contributed by atoms with Crippen LogP contribution in [0.3, 0.4) is 0 Å². The number of likely N-dealkylation sites (tertiary alicyclic amines) is 1. The minimum atomic E-state index is -3.73. The highest BCUT2D eigenvalue weighted by Gasteiger charge is 2.44. The van der Waals surface area contributed by atoms with Gasteiger partial charge in [-0.2, -0.15) is 14.6 Å². The first-order valence-corrected chi connectivity index (χ1v) is 17.1. The van der Waals surface area contributed by atoms with Crippen molar-refractivity contribution >= 4 is 61.2 Å². The summed E-state index contributed by atoms with van der Waals surface area (Å²) in [5, 5.41) is 14.6. The number of amides is 2. The van der Waals surface area contributed by atoms with E-state index in [2.05, 4.69) is 30.6 Å². The van der Waals surface area contributed by atoms with Crippen LogP contribution >= 0.6 is 23.3 Å². The van der Waals surface area contributed by atoms with Crippen LogP contribution in [0.25, 0.3) is 11.0 Å². The van der Waals surface area contributed by atoms with Crippen molar-refractivity contribution in [2.24, 2.45) is 11.8 Å². The Labute approximate surface area is 252 Å². The molecule has 2 fully saturated rings. The Morgan fingerprint density at radius 3 is 2.64 bits per heavy atom. The van der Waals surface area contributed by atoms with Gasteiger partial charge in [-0.05, 0) is 42.1 Å². The Balaban J connectivity index is 1.17. The largest absolute Gasteiger partial charge is 0.370 e. The SMILES string of the molecule is CCSc1nsc(NC(=O)N2C[C@H]3CC(N(C)c4c(C#N)cnc5c4ccn5S(=O)(=O)Cc4ccccc4)C[C@H]3C2)n1. The number of urea groups is 1. The van der Waals surface area contributed by atoms with Gasteiger partial charge in [-0.3, -0.25) is 5.32 Å². The van der Waals surface area contributed by atoms with Crippen molar-refractivity contribution in [1.82, 2.24) is 23.2 Å². The number of thioether (sulfide) groups is 1. The molecule has 6 rings (SSSR count). The molecule has 42 heavy (non-hydrogen) atoms. The third-order valence-corrected chi connectivity index (χ3v) is 11.1. The third-order valence-electron chi connectivity index (χ3n) is 8.07. The van der Waals surface area contributed by atoms with Crippen LogP contribution < -0.4 is 10.2 Å². The quantitative estimate of drug-likeness (QED) is 0.279. The number of nitrogens with one attached hydrogen (secondary N) is 1. The van der Waals surface area contributed by atoms with Crippen molar-refractivity contribution in [1.29, 1.82) is 5.26 Å². The summed E-state index contributed by atoms with van der Waals surface area (Å²) in [6.07, 6.45) is 4.71. The zero-order valence-electron chi connectivity index (χ0n) is 23.2. The van der Waals surface area contributed by atoms with E-state index in [4.69, 9.17) is 0 Å². The number of nitriles is 1. The second-order valence-corrected chi connectivity index (χ2v) is 14.5. The molecule has 3 atom stereocenters. The lowest BCUT2D eigenvalue weighted by Crippen LogP contribution is -2.36. The Morgan fingerprint density at radius 1 is 1.21 bits per heavy atom. The Kier molecular flexibility index (Phi) is 7.82. The Morgan fingerprint density at radius 2 is 1.95 bits per heavy atom. The molecule has 0 radical (unpaired) electrons. The monoisotopic (exact) mass is 622 g/mol. The van der Waals surface area contributed by atoms with E-state index in [1.54, 1.807) is 18.2 Å². The van der Waals surface area contributed by atoms with E-state index >= 15 is 0 Å². The Hall–Kier alpha value is -3.67. The summed E-state index contributed by atoms with van der Waals surface area (Å²) in [6.45, 7) is 3.34. The first-order valence-electron chi connectivity index (χ1n) is 13.7. The summed E-state index contributed by atoms with van der Waals surface area (Å²) in [6, 6.07) is 13.0. The maximum atomic E-state index is 13.3. The lowest BCUT2D eigenvalue weighted by molar-refractivity contribution is 0.218. The summed E-state index contributed by atoms with van der Waals surface area (Å²) in [5.74, 6) is 1.39. The molecule has 4 aromatic rings. The number of pyridine rings is 1. The fourth-order valence-corrected chi connectivity index (χ4v) is 8.81. The van der Waals surface area contributed by atoms with Crippen LogP contribution in [0.2, 0.25) is 0 Å². The molecule has 0 spiro atoms. The number of nitrogens with zero attached hydrogens (tertiary/aromatic N) is 7. The number of hydrogen-bond acceptors (Lipinski definition) is 10. The van der Waals surface area contributed by atoms with Crippen LogP contribution in [-0.4, -0.2) is 69.6 Å². The molecule has 2 amide bonds. The molecular weight excluding hydrogens is 593 g/mol. The number of benzene rings is 1. The van der Waals surface area contributed by atoms with Crippen LogP contribution in [0.5, 0.6) is 0 Å². The summed E-state index contributed by atoms with van der Waals surface area (Å²) >= 11 is 2.73. The molecule has 1 saturated carbocycles. The molecule has 1 aromatic carbocycles. The van der Waals surface area contributed by atoms with Crippen LogP contribution in [-0.2, 0) is 15.8 Å². The number of rotatable bonds is 8. The van der Waals surface area contributed by atoms with Gasteiger partial charge < -0.3 is 9.80 Å². The minimum absolute atomic E-state index is 0.143. The zero-order valence-corrected chi connectivity index (χ0v) is 25.6. The van der Waals surface area contributed by atoms with E-state index in [-0.39, 0.29) is 17.8 Å². The van der Waals surface area contributed by atoms with E-state index in [1.165, 1.54) is 39.7 Å². The maximum Gasteiger partial charge on any atom is 0.323 e. The molecule has 0 bridgehead atoms. The smallest absolute Gasteiger partial charge is 0.323 e. The number of aromatic nitrogens is 4. The molecule has 14 heteroatoms. The molecule has 1 N–H and O–H groups in total. The average molecular weight is 623 g/mol. The molecule has 11 nitrogen and oxygen atoms in total. The molecule has 218 valence electrons. The van der Waals surface area contributed by atoms with Gasteiger partial charge in [0.2, 0.25) is 20.3 Å². The molecule has 4 heterocycles. The molecule has 1 aliphatic heterocycles. The van der Waals surface area contributed by atoms with E-state index in [0.29, 0.717) is 63.1 Å². The topological polar surface area (TPSA) is 137 Å². The highest BCUT2D eigenvalue weighted by molar-refractivity contribution is 7.99. The van der Waals surface area contributed by atoms with Crippen molar-refractivity contribution < 1.29 is 13.2 Å². The van der Waals surface area contributed by atoms with E-state index in [1.807, 2.05) is 37.1 Å². The second kappa shape index (κ2) is 11.5. The first-order chi connectivity index (χ1) is 20.3. The summed E-state index contributed by atoms with van der Waals surface area (Å²) in [5.41, 5.74) is 2.09. The fraction of sp³-hybridized carbons (Fsp3) is 0.393.